The average Bonchev–Trinajstić information content (AvgIpc) is 2.36. The Morgan fingerprint density at radius 1 is 1.65 bits per heavy atom. The molecule has 1 atom stereocenters. The fraction of sp³-hybridized carbons (Fsp3) is 0.364. The number of carbonyl (C=O) groups is 1. The van der Waals surface area contributed by atoms with Crippen LogP contribution < -0.4 is 5.32 Å². The lowest BCUT2D eigenvalue weighted by atomic mass is 10.1. The van der Waals surface area contributed by atoms with Crippen molar-refractivity contribution in [3.63, 3.8) is 0 Å². The van der Waals surface area contributed by atoms with Crippen molar-refractivity contribution in [1.29, 1.82) is 5.26 Å². The van der Waals surface area contributed by atoms with Gasteiger partial charge in [0, 0.05) is 12.7 Å². The van der Waals surface area contributed by atoms with E-state index in [0.29, 0.717) is 5.56 Å². The fourth-order valence-corrected chi connectivity index (χ4v) is 1.01. The molecule has 0 aliphatic heterocycles. The molecule has 90 valence electrons. The summed E-state index contributed by atoms with van der Waals surface area (Å²) in [5.41, 5.74) is -0.843. The van der Waals surface area contributed by atoms with Crippen LogP contribution in [-0.4, -0.2) is 39.9 Å². The van der Waals surface area contributed by atoms with E-state index in [-0.39, 0.29) is 12.2 Å². The summed E-state index contributed by atoms with van der Waals surface area (Å²) in [6.07, 6.45) is 1.29. The highest BCUT2D eigenvalue weighted by Crippen LogP contribution is 2.01. The Morgan fingerprint density at radius 2 is 2.35 bits per heavy atom. The molecule has 0 aromatic carbocycles. The van der Waals surface area contributed by atoms with E-state index >= 15 is 0 Å². The Hall–Kier alpha value is -1.97. The molecule has 6 heteroatoms. The quantitative estimate of drug-likeness (QED) is 0.647. The maximum Gasteiger partial charge on any atom is 0.269 e. The summed E-state index contributed by atoms with van der Waals surface area (Å²) < 4.78 is 0. The lowest BCUT2D eigenvalue weighted by Crippen LogP contribution is -2.43. The van der Waals surface area contributed by atoms with E-state index in [4.69, 9.17) is 10.4 Å². The van der Waals surface area contributed by atoms with Gasteiger partial charge >= 0.3 is 0 Å². The Balaban J connectivity index is 2.62. The van der Waals surface area contributed by atoms with E-state index in [2.05, 4.69) is 10.3 Å². The highest BCUT2D eigenvalue weighted by atomic mass is 16.3. The molecule has 1 aromatic rings. The lowest BCUT2D eigenvalue weighted by molar-refractivity contribution is 0.00316. The first-order valence-corrected chi connectivity index (χ1v) is 4.96. The molecule has 17 heavy (non-hydrogen) atoms. The maximum atomic E-state index is 11.6. The Bertz CT molecular complexity index is 434. The highest BCUT2D eigenvalue weighted by molar-refractivity contribution is 5.92. The second-order valence-corrected chi connectivity index (χ2v) is 3.88. The molecule has 0 bridgehead atoms. The van der Waals surface area contributed by atoms with Gasteiger partial charge in [0.2, 0.25) is 0 Å². The van der Waals surface area contributed by atoms with Crippen molar-refractivity contribution in [1.82, 2.24) is 10.3 Å². The summed E-state index contributed by atoms with van der Waals surface area (Å²) in [5.74, 6) is -0.469. The van der Waals surface area contributed by atoms with Crippen LogP contribution in [0.1, 0.15) is 23.0 Å². The predicted octanol–water partition coefficient (Wildman–Crippen LogP) is -0.574. The number of hydrogen-bond acceptors (Lipinski definition) is 5. The molecule has 1 amide bonds. The summed E-state index contributed by atoms with van der Waals surface area (Å²) in [5, 5.41) is 29.3. The molecule has 1 unspecified atom stereocenters. The molecule has 0 fully saturated rings. The number of aliphatic hydroxyl groups excluding tert-OH is 1. The van der Waals surface area contributed by atoms with Crippen LogP contribution in [0.2, 0.25) is 0 Å². The normalized spacial score (nSPS) is 13.5. The zero-order chi connectivity index (χ0) is 12.9. The highest BCUT2D eigenvalue weighted by Gasteiger charge is 2.20. The minimum absolute atomic E-state index is 0.0794. The van der Waals surface area contributed by atoms with Crippen LogP contribution in [0.25, 0.3) is 0 Å². The monoisotopic (exact) mass is 235 g/mol. The lowest BCUT2D eigenvalue weighted by Gasteiger charge is -2.20. The second-order valence-electron chi connectivity index (χ2n) is 3.88. The van der Waals surface area contributed by atoms with Gasteiger partial charge in [-0.3, -0.25) is 4.79 Å². The summed E-state index contributed by atoms with van der Waals surface area (Å²) in [4.78, 5) is 15.4. The van der Waals surface area contributed by atoms with E-state index in [0.717, 1.165) is 0 Å². The molecular formula is C11H13N3O3. The molecular weight excluding hydrogens is 222 g/mol. The molecule has 3 N–H and O–H groups in total. The van der Waals surface area contributed by atoms with E-state index in [9.17, 15) is 9.90 Å². The van der Waals surface area contributed by atoms with Crippen molar-refractivity contribution >= 4 is 5.91 Å². The largest absolute Gasteiger partial charge is 0.393 e. The molecule has 6 nitrogen and oxygen atoms in total. The smallest absolute Gasteiger partial charge is 0.269 e. The Kier molecular flexibility index (Phi) is 4.15. The van der Waals surface area contributed by atoms with Crippen LogP contribution in [-0.2, 0) is 0 Å². The average molecular weight is 235 g/mol. The summed E-state index contributed by atoms with van der Waals surface area (Å²) in [6.45, 7) is 0.873. The van der Waals surface area contributed by atoms with Crippen LogP contribution >= 0.6 is 0 Å². The van der Waals surface area contributed by atoms with Gasteiger partial charge in [0.05, 0.1) is 12.2 Å². The van der Waals surface area contributed by atoms with Crippen molar-refractivity contribution in [2.45, 2.75) is 12.5 Å². The van der Waals surface area contributed by atoms with Crippen LogP contribution in [0.5, 0.6) is 0 Å². The number of nitriles is 1. The molecule has 1 heterocycles. The van der Waals surface area contributed by atoms with Gasteiger partial charge in [-0.05, 0) is 19.1 Å². The van der Waals surface area contributed by atoms with Crippen LogP contribution in [0.15, 0.2) is 18.3 Å². The van der Waals surface area contributed by atoms with Crippen molar-refractivity contribution in [3.05, 3.63) is 29.6 Å². The summed E-state index contributed by atoms with van der Waals surface area (Å²) in [6, 6.07) is 4.79. The number of carbonyl (C=O) groups excluding carboxylic acids is 1. The van der Waals surface area contributed by atoms with Gasteiger partial charge in [-0.25, -0.2) is 4.98 Å². The van der Waals surface area contributed by atoms with Crippen LogP contribution in [0.4, 0.5) is 0 Å². The topological polar surface area (TPSA) is 106 Å². The number of hydrogen-bond donors (Lipinski definition) is 3. The van der Waals surface area contributed by atoms with Gasteiger partial charge in [-0.1, -0.05) is 0 Å². The summed E-state index contributed by atoms with van der Waals surface area (Å²) in [7, 11) is 0. The zero-order valence-electron chi connectivity index (χ0n) is 9.34. The molecule has 1 rings (SSSR count). The first kappa shape index (κ1) is 13.1. The van der Waals surface area contributed by atoms with Crippen molar-refractivity contribution in [2.24, 2.45) is 0 Å². The minimum Gasteiger partial charge on any atom is -0.393 e. The number of amides is 1. The third-order valence-corrected chi connectivity index (χ3v) is 2.10. The molecule has 0 radical (unpaired) electrons. The third-order valence-electron chi connectivity index (χ3n) is 2.10. The molecule has 0 saturated carbocycles. The molecule has 0 saturated heterocycles. The van der Waals surface area contributed by atoms with Crippen molar-refractivity contribution in [2.75, 3.05) is 13.2 Å². The van der Waals surface area contributed by atoms with E-state index in [1.54, 1.807) is 0 Å². The SMILES string of the molecule is CC(O)(CO)CNC(=O)c1ccc(C#N)cn1. The van der Waals surface area contributed by atoms with Gasteiger partial charge in [0.25, 0.3) is 5.91 Å². The minimum atomic E-state index is -1.36. The third kappa shape index (κ3) is 3.83. The first-order chi connectivity index (χ1) is 7.98. The van der Waals surface area contributed by atoms with Gasteiger partial charge in [0.15, 0.2) is 0 Å². The first-order valence-electron chi connectivity index (χ1n) is 4.96. The Labute approximate surface area is 98.5 Å². The predicted molar refractivity (Wildman–Crippen MR) is 59.0 cm³/mol. The number of nitrogens with one attached hydrogen (secondary N) is 1. The maximum absolute atomic E-state index is 11.6. The standard InChI is InChI=1S/C11H13N3O3/c1-11(17,7-15)6-14-10(16)9-3-2-8(4-12)5-13-9/h2-3,5,15,17H,6-7H2,1H3,(H,14,16). The van der Waals surface area contributed by atoms with Gasteiger partial charge in [0.1, 0.15) is 17.4 Å². The van der Waals surface area contributed by atoms with E-state index in [1.165, 1.54) is 25.3 Å². The Morgan fingerprint density at radius 3 is 2.82 bits per heavy atom. The number of rotatable bonds is 4. The number of nitrogens with zero attached hydrogens (tertiary/aromatic N) is 2. The molecule has 0 aliphatic carbocycles. The van der Waals surface area contributed by atoms with Gasteiger partial charge in [-0.15, -0.1) is 0 Å². The second kappa shape index (κ2) is 5.39. The van der Waals surface area contributed by atoms with Crippen molar-refractivity contribution in [3.8, 4) is 6.07 Å². The number of pyridine rings is 1. The van der Waals surface area contributed by atoms with Crippen LogP contribution in [0, 0.1) is 11.3 Å². The number of aromatic nitrogens is 1. The van der Waals surface area contributed by atoms with Crippen LogP contribution in [0.3, 0.4) is 0 Å². The molecule has 0 spiro atoms. The van der Waals surface area contributed by atoms with E-state index in [1.807, 2.05) is 6.07 Å². The summed E-state index contributed by atoms with van der Waals surface area (Å²) >= 11 is 0. The molecule has 1 aromatic heterocycles. The fourth-order valence-electron chi connectivity index (χ4n) is 1.01. The van der Waals surface area contributed by atoms with Crippen molar-refractivity contribution < 1.29 is 15.0 Å². The number of aliphatic hydroxyl groups is 2. The van der Waals surface area contributed by atoms with E-state index < -0.39 is 18.1 Å². The molecule has 0 aliphatic rings. The van der Waals surface area contributed by atoms with Gasteiger partial charge < -0.3 is 15.5 Å². The zero-order valence-corrected chi connectivity index (χ0v) is 9.34. The van der Waals surface area contributed by atoms with Gasteiger partial charge in [-0.2, -0.15) is 5.26 Å².